The smallest absolute Gasteiger partial charge is 0.212 e. The number of nitrogens with zero attached hydrogens (tertiary/aromatic N) is 3. The molecular formula is C22H24N3+. The molecule has 1 aliphatic rings. The van der Waals surface area contributed by atoms with Crippen LogP contribution in [-0.4, -0.2) is 13.2 Å². The minimum Gasteiger partial charge on any atom is -0.353 e. The predicted octanol–water partition coefficient (Wildman–Crippen LogP) is 4.42. The Bertz CT molecular complexity index is 932. The summed E-state index contributed by atoms with van der Waals surface area (Å²) in [5, 5.41) is 0. The third kappa shape index (κ3) is 2.39. The average Bonchev–Trinajstić information content (AvgIpc) is 2.88. The molecule has 3 heteroatoms. The number of aromatic nitrogens is 1. The molecule has 0 aliphatic carbocycles. The molecule has 0 amide bonds. The van der Waals surface area contributed by atoms with Gasteiger partial charge in [-0.05, 0) is 49.7 Å². The molecule has 25 heavy (non-hydrogen) atoms. The lowest BCUT2D eigenvalue weighted by atomic mass is 10.0. The molecule has 126 valence electrons. The molecule has 0 saturated carbocycles. The van der Waals surface area contributed by atoms with Crippen molar-refractivity contribution >= 4 is 17.1 Å². The van der Waals surface area contributed by atoms with Gasteiger partial charge in [0.15, 0.2) is 6.20 Å². The fourth-order valence-corrected chi connectivity index (χ4v) is 3.84. The second-order valence-electron chi connectivity index (χ2n) is 6.75. The highest BCUT2D eigenvalue weighted by Crippen LogP contribution is 2.45. The summed E-state index contributed by atoms with van der Waals surface area (Å²) in [6, 6.07) is 21.6. The second kappa shape index (κ2) is 5.92. The number of para-hydroxylation sites is 2. The molecular weight excluding hydrogens is 306 g/mol. The lowest BCUT2D eigenvalue weighted by Crippen LogP contribution is -2.36. The molecule has 1 atom stereocenters. The van der Waals surface area contributed by atoms with Crippen LogP contribution in [0.2, 0.25) is 0 Å². The monoisotopic (exact) mass is 330 g/mol. The van der Waals surface area contributed by atoms with Crippen LogP contribution < -0.4 is 14.4 Å². The predicted molar refractivity (Wildman–Crippen MR) is 104 cm³/mol. The summed E-state index contributed by atoms with van der Waals surface area (Å²) in [5.74, 6) is 0. The number of rotatable bonds is 2. The minimum atomic E-state index is 0.288. The van der Waals surface area contributed by atoms with Gasteiger partial charge in [0, 0.05) is 24.9 Å². The van der Waals surface area contributed by atoms with Crippen molar-refractivity contribution in [2.24, 2.45) is 7.05 Å². The Hall–Kier alpha value is -2.81. The van der Waals surface area contributed by atoms with Crippen LogP contribution in [0.15, 0.2) is 66.9 Å². The molecule has 0 unspecified atom stereocenters. The molecule has 0 N–H and O–H groups in total. The summed E-state index contributed by atoms with van der Waals surface area (Å²) in [6.07, 6.45) is 2.39. The van der Waals surface area contributed by atoms with Gasteiger partial charge < -0.3 is 9.80 Å². The van der Waals surface area contributed by atoms with Gasteiger partial charge in [0.1, 0.15) is 13.2 Å². The summed E-state index contributed by atoms with van der Waals surface area (Å²) in [5.41, 5.74) is 7.64. The topological polar surface area (TPSA) is 10.4 Å². The van der Waals surface area contributed by atoms with Crippen LogP contribution in [0.3, 0.4) is 0 Å². The molecule has 0 bridgehead atoms. The van der Waals surface area contributed by atoms with Crippen molar-refractivity contribution in [3.05, 3.63) is 72.4 Å². The van der Waals surface area contributed by atoms with E-state index in [-0.39, 0.29) is 6.17 Å². The fraction of sp³-hybridized carbons (Fsp3) is 0.227. The largest absolute Gasteiger partial charge is 0.353 e. The van der Waals surface area contributed by atoms with Crippen LogP contribution in [0.25, 0.3) is 11.3 Å². The van der Waals surface area contributed by atoms with Gasteiger partial charge >= 0.3 is 0 Å². The van der Waals surface area contributed by atoms with Gasteiger partial charge in [0.2, 0.25) is 5.69 Å². The zero-order chi connectivity index (χ0) is 17.6. The van der Waals surface area contributed by atoms with Gasteiger partial charge in [-0.25, -0.2) is 4.57 Å². The van der Waals surface area contributed by atoms with Gasteiger partial charge in [-0.3, -0.25) is 0 Å². The van der Waals surface area contributed by atoms with E-state index in [9.17, 15) is 0 Å². The van der Waals surface area contributed by atoms with Gasteiger partial charge in [-0.1, -0.05) is 18.2 Å². The van der Waals surface area contributed by atoms with Gasteiger partial charge in [-0.15, -0.1) is 0 Å². The number of hydrogen-bond acceptors (Lipinski definition) is 2. The van der Waals surface area contributed by atoms with Gasteiger partial charge in [0.25, 0.3) is 0 Å². The average molecular weight is 330 g/mol. The fourth-order valence-electron chi connectivity index (χ4n) is 3.84. The van der Waals surface area contributed by atoms with Crippen molar-refractivity contribution in [2.45, 2.75) is 20.0 Å². The van der Waals surface area contributed by atoms with E-state index >= 15 is 0 Å². The molecule has 1 aromatic heterocycles. The zero-order valence-corrected chi connectivity index (χ0v) is 15.3. The van der Waals surface area contributed by atoms with E-state index in [4.69, 9.17) is 0 Å². The van der Waals surface area contributed by atoms with E-state index in [0.29, 0.717) is 0 Å². The third-order valence-electron chi connectivity index (χ3n) is 5.35. The SMILES string of the molecule is Cc1c(-c2cccc[n+]2C)cccc1N1c2ccccc2N(C)[C@H]1C. The summed E-state index contributed by atoms with van der Waals surface area (Å²) < 4.78 is 2.18. The number of anilines is 3. The highest BCUT2D eigenvalue weighted by Gasteiger charge is 2.32. The number of fused-ring (bicyclic) bond motifs is 1. The number of aryl methyl sites for hydroxylation is 1. The minimum absolute atomic E-state index is 0.288. The van der Waals surface area contributed by atoms with Crippen LogP contribution in [-0.2, 0) is 7.05 Å². The van der Waals surface area contributed by atoms with E-state index in [1.807, 2.05) is 0 Å². The molecule has 1 aliphatic heterocycles. The molecule has 3 aromatic rings. The number of hydrogen-bond donors (Lipinski definition) is 0. The van der Waals surface area contributed by atoms with Crippen LogP contribution >= 0.6 is 0 Å². The summed E-state index contributed by atoms with van der Waals surface area (Å²) in [4.78, 5) is 4.78. The Morgan fingerprint density at radius 2 is 1.52 bits per heavy atom. The molecule has 0 spiro atoms. The maximum Gasteiger partial charge on any atom is 0.212 e. The highest BCUT2D eigenvalue weighted by molar-refractivity contribution is 5.86. The van der Waals surface area contributed by atoms with E-state index in [1.165, 1.54) is 33.9 Å². The Balaban J connectivity index is 1.88. The summed E-state index contributed by atoms with van der Waals surface area (Å²) in [6.45, 7) is 4.49. The Morgan fingerprint density at radius 3 is 2.28 bits per heavy atom. The van der Waals surface area contributed by atoms with Crippen molar-refractivity contribution in [2.75, 3.05) is 16.8 Å². The highest BCUT2D eigenvalue weighted by atomic mass is 15.4. The molecule has 0 fully saturated rings. The molecule has 0 saturated heterocycles. The quantitative estimate of drug-likeness (QED) is 0.644. The Labute approximate surface area is 149 Å². The van der Waals surface area contributed by atoms with Crippen LogP contribution in [0.4, 0.5) is 17.1 Å². The van der Waals surface area contributed by atoms with Crippen LogP contribution in [0, 0.1) is 6.92 Å². The molecule has 0 radical (unpaired) electrons. The molecule has 2 heterocycles. The lowest BCUT2D eigenvalue weighted by molar-refractivity contribution is -0.660. The maximum atomic E-state index is 2.44. The number of pyridine rings is 1. The van der Waals surface area contributed by atoms with Gasteiger partial charge in [-0.2, -0.15) is 0 Å². The van der Waals surface area contributed by atoms with Gasteiger partial charge in [0.05, 0.1) is 16.9 Å². The van der Waals surface area contributed by atoms with E-state index < -0.39 is 0 Å². The zero-order valence-electron chi connectivity index (χ0n) is 15.3. The first-order valence-electron chi connectivity index (χ1n) is 8.75. The van der Waals surface area contributed by atoms with Crippen molar-refractivity contribution in [3.63, 3.8) is 0 Å². The van der Waals surface area contributed by atoms with Crippen LogP contribution in [0.1, 0.15) is 12.5 Å². The lowest BCUT2D eigenvalue weighted by Gasteiger charge is -2.29. The molecule has 2 aromatic carbocycles. The first-order chi connectivity index (χ1) is 12.1. The van der Waals surface area contributed by atoms with Crippen molar-refractivity contribution in [1.82, 2.24) is 0 Å². The Kier molecular flexibility index (Phi) is 3.72. The van der Waals surface area contributed by atoms with E-state index in [0.717, 1.165) is 0 Å². The van der Waals surface area contributed by atoms with Crippen molar-refractivity contribution in [1.29, 1.82) is 0 Å². The molecule has 3 nitrogen and oxygen atoms in total. The number of benzene rings is 2. The first-order valence-corrected chi connectivity index (χ1v) is 8.75. The summed E-state index contributed by atoms with van der Waals surface area (Å²) >= 11 is 0. The Morgan fingerprint density at radius 1 is 0.840 bits per heavy atom. The second-order valence-corrected chi connectivity index (χ2v) is 6.75. The third-order valence-corrected chi connectivity index (χ3v) is 5.35. The standard InChI is InChI=1S/C22H24N3/c1-16-18(20-11-7-8-15-23(20)3)10-9-14-19(16)25-17(2)24(4)21-12-5-6-13-22(21)25/h5-15,17H,1-4H3/q+1/t17-/m1/s1. The van der Waals surface area contributed by atoms with E-state index in [1.54, 1.807) is 0 Å². The van der Waals surface area contributed by atoms with Crippen molar-refractivity contribution in [3.8, 4) is 11.3 Å². The normalized spacial score (nSPS) is 16.2. The molecule has 4 rings (SSSR count). The maximum absolute atomic E-state index is 2.44. The first kappa shape index (κ1) is 15.7. The van der Waals surface area contributed by atoms with E-state index in [2.05, 4.69) is 109 Å². The van der Waals surface area contributed by atoms with Crippen molar-refractivity contribution < 1.29 is 4.57 Å². The summed E-state index contributed by atoms with van der Waals surface area (Å²) in [7, 11) is 4.27. The van der Waals surface area contributed by atoms with Crippen LogP contribution in [0.5, 0.6) is 0 Å².